The summed E-state index contributed by atoms with van der Waals surface area (Å²) < 4.78 is 93.0. The quantitative estimate of drug-likeness (QED) is 0.482. The fraction of sp³-hybridized carbons (Fsp3) is 0.444. The fourth-order valence-electron chi connectivity index (χ4n) is 5.30. The molecule has 2 aromatic rings. The molecule has 0 aromatic heterocycles. The van der Waals surface area contributed by atoms with Crippen molar-refractivity contribution in [2.24, 2.45) is 5.16 Å². The molecule has 0 saturated carbocycles. The molecule has 0 bridgehead atoms. The van der Waals surface area contributed by atoms with E-state index in [1.807, 2.05) is 0 Å². The number of benzene rings is 2. The minimum Gasteiger partial charge on any atom is -0.388 e. The standard InChI is InChI=1S/C27H27F5N4O5S/c28-21-5-4-18(14-22(21)29)15-24(37)34-10-12-35(13-11-34)25(38)23-17-26(41-33-23)6-8-36(9-7-26)42(39,40)20-3-1-2-19(16-20)27(30,31)32/h1-5,14,16H,6-13,15,17H2. The molecule has 3 aliphatic heterocycles. The molecule has 0 radical (unpaired) electrons. The van der Waals surface area contributed by atoms with Crippen molar-refractivity contribution in [3.63, 3.8) is 0 Å². The number of hydrogen-bond donors (Lipinski definition) is 0. The van der Waals surface area contributed by atoms with Gasteiger partial charge in [-0.15, -0.1) is 0 Å². The summed E-state index contributed by atoms with van der Waals surface area (Å²) in [5.41, 5.74) is -1.44. The second-order valence-electron chi connectivity index (χ2n) is 10.5. The number of rotatable bonds is 5. The normalized spacial score (nSPS) is 19.5. The zero-order valence-electron chi connectivity index (χ0n) is 22.2. The Morgan fingerprint density at radius 3 is 2.21 bits per heavy atom. The van der Waals surface area contributed by atoms with Gasteiger partial charge in [0.2, 0.25) is 15.9 Å². The first-order valence-corrected chi connectivity index (χ1v) is 14.6. The highest BCUT2D eigenvalue weighted by atomic mass is 32.2. The summed E-state index contributed by atoms with van der Waals surface area (Å²) in [5, 5.41) is 3.98. The zero-order valence-corrected chi connectivity index (χ0v) is 23.1. The summed E-state index contributed by atoms with van der Waals surface area (Å²) in [6, 6.07) is 6.88. The molecule has 2 aromatic carbocycles. The predicted molar refractivity (Wildman–Crippen MR) is 139 cm³/mol. The van der Waals surface area contributed by atoms with Crippen LogP contribution >= 0.6 is 0 Å². The molecule has 0 N–H and O–H groups in total. The van der Waals surface area contributed by atoms with Crippen LogP contribution in [0.4, 0.5) is 22.0 Å². The highest BCUT2D eigenvalue weighted by Gasteiger charge is 2.47. The van der Waals surface area contributed by atoms with E-state index >= 15 is 0 Å². The lowest BCUT2D eigenvalue weighted by Gasteiger charge is -2.37. The maximum Gasteiger partial charge on any atom is 0.416 e. The Kier molecular flexibility index (Phi) is 8.00. The Labute approximate surface area is 238 Å². The third-order valence-electron chi connectivity index (χ3n) is 7.78. The van der Waals surface area contributed by atoms with Gasteiger partial charge in [0.05, 0.1) is 16.9 Å². The molecule has 9 nitrogen and oxygen atoms in total. The first-order valence-electron chi connectivity index (χ1n) is 13.2. The Hall–Kier alpha value is -3.59. The van der Waals surface area contributed by atoms with Gasteiger partial charge in [0, 0.05) is 58.5 Å². The second kappa shape index (κ2) is 11.2. The highest BCUT2D eigenvalue weighted by molar-refractivity contribution is 7.89. The number of sulfonamides is 1. The number of carbonyl (C=O) groups excluding carboxylic acids is 2. The summed E-state index contributed by atoms with van der Waals surface area (Å²) in [4.78, 5) is 34.0. The Morgan fingerprint density at radius 2 is 1.57 bits per heavy atom. The summed E-state index contributed by atoms with van der Waals surface area (Å²) >= 11 is 0. The van der Waals surface area contributed by atoms with Crippen molar-refractivity contribution < 1.29 is 44.8 Å². The van der Waals surface area contributed by atoms with Gasteiger partial charge in [0.15, 0.2) is 11.6 Å². The van der Waals surface area contributed by atoms with Gasteiger partial charge in [-0.3, -0.25) is 9.59 Å². The molecule has 5 rings (SSSR count). The molecule has 3 aliphatic rings. The smallest absolute Gasteiger partial charge is 0.388 e. The molecular formula is C27H27F5N4O5S. The first kappa shape index (κ1) is 29.9. The number of oxime groups is 1. The minimum atomic E-state index is -4.68. The van der Waals surface area contributed by atoms with Crippen molar-refractivity contribution in [3.8, 4) is 0 Å². The maximum absolute atomic E-state index is 13.5. The van der Waals surface area contributed by atoms with Gasteiger partial charge < -0.3 is 14.6 Å². The summed E-state index contributed by atoms with van der Waals surface area (Å²) in [5.74, 6) is -2.67. The van der Waals surface area contributed by atoms with Crippen LogP contribution in [0.5, 0.6) is 0 Å². The molecule has 2 saturated heterocycles. The van der Waals surface area contributed by atoms with Crippen molar-refractivity contribution in [3.05, 3.63) is 65.2 Å². The van der Waals surface area contributed by atoms with Crippen LogP contribution in [0, 0.1) is 11.6 Å². The van der Waals surface area contributed by atoms with Gasteiger partial charge in [0.25, 0.3) is 5.91 Å². The monoisotopic (exact) mass is 614 g/mol. The molecular weight excluding hydrogens is 587 g/mol. The average Bonchev–Trinajstić information content (AvgIpc) is 3.37. The van der Waals surface area contributed by atoms with Crippen LogP contribution in [0.3, 0.4) is 0 Å². The van der Waals surface area contributed by atoms with Crippen molar-refractivity contribution >= 4 is 27.5 Å². The number of alkyl halides is 3. The lowest BCUT2D eigenvalue weighted by molar-refractivity contribution is -0.137. The largest absolute Gasteiger partial charge is 0.416 e. The lowest BCUT2D eigenvalue weighted by Crippen LogP contribution is -2.53. The van der Waals surface area contributed by atoms with Gasteiger partial charge in [-0.25, -0.2) is 17.2 Å². The van der Waals surface area contributed by atoms with E-state index in [0.29, 0.717) is 11.6 Å². The van der Waals surface area contributed by atoms with Crippen LogP contribution in [0.25, 0.3) is 0 Å². The summed E-state index contributed by atoms with van der Waals surface area (Å²) in [7, 11) is -4.18. The number of nitrogens with zero attached hydrogens (tertiary/aromatic N) is 4. The van der Waals surface area contributed by atoms with Crippen LogP contribution in [0.2, 0.25) is 0 Å². The van der Waals surface area contributed by atoms with Crippen LogP contribution in [-0.2, 0) is 37.0 Å². The van der Waals surface area contributed by atoms with E-state index < -0.39 is 43.9 Å². The van der Waals surface area contributed by atoms with Gasteiger partial charge in [0.1, 0.15) is 11.3 Å². The van der Waals surface area contributed by atoms with Crippen molar-refractivity contribution in [2.45, 2.75) is 42.4 Å². The number of hydrogen-bond acceptors (Lipinski definition) is 6. The first-order chi connectivity index (χ1) is 19.8. The van der Waals surface area contributed by atoms with Crippen LogP contribution in [-0.4, -0.2) is 84.9 Å². The number of halogens is 5. The molecule has 3 heterocycles. The maximum atomic E-state index is 13.5. The second-order valence-corrected chi connectivity index (χ2v) is 12.5. The van der Waals surface area contributed by atoms with E-state index in [1.54, 1.807) is 4.90 Å². The molecule has 0 aliphatic carbocycles. The van der Waals surface area contributed by atoms with Crippen LogP contribution < -0.4 is 0 Å². The third kappa shape index (κ3) is 6.11. The van der Waals surface area contributed by atoms with E-state index in [1.165, 1.54) is 11.0 Å². The van der Waals surface area contributed by atoms with Gasteiger partial charge in [-0.05, 0) is 35.9 Å². The van der Waals surface area contributed by atoms with Gasteiger partial charge >= 0.3 is 6.18 Å². The number of piperidine rings is 1. The minimum absolute atomic E-state index is 0.0195. The van der Waals surface area contributed by atoms with Crippen LogP contribution in [0.15, 0.2) is 52.5 Å². The molecule has 0 unspecified atom stereocenters. The Bertz CT molecular complexity index is 1510. The van der Waals surface area contributed by atoms with Crippen molar-refractivity contribution in [1.82, 2.24) is 14.1 Å². The molecule has 2 fully saturated rings. The topological polar surface area (TPSA) is 99.6 Å². The van der Waals surface area contributed by atoms with Gasteiger partial charge in [-0.1, -0.05) is 17.3 Å². The molecule has 0 atom stereocenters. The van der Waals surface area contributed by atoms with Crippen molar-refractivity contribution in [1.29, 1.82) is 0 Å². The summed E-state index contributed by atoms with van der Waals surface area (Å²) in [6.07, 6.45) is -4.24. The zero-order chi connectivity index (χ0) is 30.3. The third-order valence-corrected chi connectivity index (χ3v) is 9.67. The molecule has 226 valence electrons. The summed E-state index contributed by atoms with van der Waals surface area (Å²) in [6.45, 7) is 0.920. The predicted octanol–water partition coefficient (Wildman–Crippen LogP) is 3.20. The van der Waals surface area contributed by atoms with E-state index in [2.05, 4.69) is 5.16 Å². The number of amides is 2. The van der Waals surface area contributed by atoms with Crippen LogP contribution in [0.1, 0.15) is 30.4 Å². The Morgan fingerprint density at radius 1 is 0.905 bits per heavy atom. The number of carbonyl (C=O) groups is 2. The highest BCUT2D eigenvalue weighted by Crippen LogP contribution is 2.37. The van der Waals surface area contributed by atoms with Gasteiger partial charge in [-0.2, -0.15) is 17.5 Å². The Balaban J connectivity index is 1.12. The molecule has 42 heavy (non-hydrogen) atoms. The fourth-order valence-corrected chi connectivity index (χ4v) is 6.79. The SMILES string of the molecule is O=C(Cc1ccc(F)c(F)c1)N1CCN(C(=O)C2=NOC3(CCN(S(=O)(=O)c4cccc(C(F)(F)F)c4)CC3)C2)CC1. The van der Waals surface area contributed by atoms with E-state index in [4.69, 9.17) is 4.84 Å². The molecule has 1 spiro atoms. The van der Waals surface area contributed by atoms with Crippen molar-refractivity contribution in [2.75, 3.05) is 39.3 Å². The average molecular weight is 615 g/mol. The van der Waals surface area contributed by atoms with E-state index in [-0.39, 0.29) is 82.5 Å². The number of piperazine rings is 1. The molecule has 2 amide bonds. The lowest BCUT2D eigenvalue weighted by atomic mass is 9.87. The van der Waals surface area contributed by atoms with E-state index in [9.17, 15) is 40.0 Å². The molecule has 15 heteroatoms. The van der Waals surface area contributed by atoms with E-state index in [0.717, 1.165) is 34.6 Å².